The summed E-state index contributed by atoms with van der Waals surface area (Å²) in [5.41, 5.74) is 0.204. The molecule has 3 amide bonds. The van der Waals surface area contributed by atoms with Crippen molar-refractivity contribution >= 4 is 46.8 Å². The predicted octanol–water partition coefficient (Wildman–Crippen LogP) is 4.80. The van der Waals surface area contributed by atoms with Crippen LogP contribution in [0.15, 0.2) is 65.6 Å². The molecule has 6 rings (SSSR count). The molecule has 2 saturated heterocycles. The van der Waals surface area contributed by atoms with Crippen molar-refractivity contribution in [3.05, 3.63) is 71.3 Å². The van der Waals surface area contributed by atoms with Gasteiger partial charge in [-0.15, -0.1) is 11.8 Å². The minimum absolute atomic E-state index is 0.0735. The number of halogens is 1. The Bertz CT molecular complexity index is 1330. The lowest BCUT2D eigenvalue weighted by Crippen LogP contribution is -2.56. The molecular formula is C30H32ClN3O4S. The Balaban J connectivity index is 1.33. The number of benzene rings is 2. The quantitative estimate of drug-likeness (QED) is 0.372. The van der Waals surface area contributed by atoms with Crippen molar-refractivity contribution in [1.29, 1.82) is 0 Å². The largest absolute Gasteiger partial charge is 0.359 e. The van der Waals surface area contributed by atoms with Gasteiger partial charge in [-0.1, -0.05) is 67.3 Å². The van der Waals surface area contributed by atoms with Crippen molar-refractivity contribution in [2.75, 3.05) is 11.6 Å². The van der Waals surface area contributed by atoms with E-state index in [1.165, 1.54) is 6.42 Å². The standard InChI is InChI=1S/C30H32ClN3O4S/c1-39-21-12-7-11-20(16-21)33-27(35)24-23-14-15-30(38-23)25(24)29(37)34(17-18-8-5-6-13-22(18)31)26(30)28(36)32-19-9-3-2-4-10-19/h5-8,11-16,19,23-26H,2-4,9-10,17H2,1H3,(H,32,36)(H,33,35)/t23-,24+,25-,26-,30-/m1/s1. The van der Waals surface area contributed by atoms with Gasteiger partial charge in [0.15, 0.2) is 0 Å². The minimum Gasteiger partial charge on any atom is -0.359 e. The fourth-order valence-electron chi connectivity index (χ4n) is 6.70. The van der Waals surface area contributed by atoms with E-state index in [1.54, 1.807) is 22.7 Å². The van der Waals surface area contributed by atoms with Gasteiger partial charge in [-0.3, -0.25) is 14.4 Å². The van der Waals surface area contributed by atoms with Crippen LogP contribution in [0, 0.1) is 11.8 Å². The molecule has 3 fully saturated rings. The maximum atomic E-state index is 14.2. The maximum absolute atomic E-state index is 14.2. The van der Waals surface area contributed by atoms with Gasteiger partial charge >= 0.3 is 0 Å². The van der Waals surface area contributed by atoms with Crippen molar-refractivity contribution in [3.63, 3.8) is 0 Å². The number of ether oxygens (including phenoxy) is 1. The second-order valence-corrected chi connectivity index (χ2v) is 12.1. The fraction of sp³-hybridized carbons (Fsp3) is 0.433. The highest BCUT2D eigenvalue weighted by atomic mass is 35.5. The second kappa shape index (κ2) is 10.6. The number of amides is 3. The number of carbonyl (C=O) groups is 3. The molecule has 2 N–H and O–H groups in total. The summed E-state index contributed by atoms with van der Waals surface area (Å²) in [5, 5.41) is 6.74. The summed E-state index contributed by atoms with van der Waals surface area (Å²) >= 11 is 8.06. The Hall–Kier alpha value is -2.81. The lowest BCUT2D eigenvalue weighted by molar-refractivity contribution is -0.142. The van der Waals surface area contributed by atoms with E-state index in [4.69, 9.17) is 16.3 Å². The summed E-state index contributed by atoms with van der Waals surface area (Å²) in [6.07, 6.45) is 10.2. The molecule has 3 aliphatic heterocycles. The Morgan fingerprint density at radius 3 is 2.67 bits per heavy atom. The number of nitrogens with zero attached hydrogens (tertiary/aromatic N) is 1. The monoisotopic (exact) mass is 565 g/mol. The number of fused-ring (bicyclic) bond motifs is 1. The van der Waals surface area contributed by atoms with E-state index in [0.717, 1.165) is 36.1 Å². The van der Waals surface area contributed by atoms with Gasteiger partial charge < -0.3 is 20.3 Å². The Labute approximate surface area is 237 Å². The molecule has 0 aromatic heterocycles. The third kappa shape index (κ3) is 4.66. The van der Waals surface area contributed by atoms with E-state index in [1.807, 2.05) is 60.9 Å². The molecule has 2 aromatic rings. The lowest BCUT2D eigenvalue weighted by atomic mass is 9.74. The van der Waals surface area contributed by atoms with Gasteiger partial charge in [0, 0.05) is 28.2 Å². The SMILES string of the molecule is CSc1cccc(NC(=O)[C@H]2[C@H]3C=C[C@@]4(O3)[C@H]2C(=O)N(Cc2ccccc2Cl)[C@@H]4C(=O)NC2CCCCC2)c1. The Morgan fingerprint density at radius 2 is 1.90 bits per heavy atom. The van der Waals surface area contributed by atoms with E-state index >= 15 is 0 Å². The molecule has 1 saturated carbocycles. The van der Waals surface area contributed by atoms with Crippen molar-refractivity contribution in [2.45, 2.75) is 67.3 Å². The Morgan fingerprint density at radius 1 is 1.10 bits per heavy atom. The predicted molar refractivity (Wildman–Crippen MR) is 151 cm³/mol. The molecule has 0 unspecified atom stereocenters. The number of hydrogen-bond donors (Lipinski definition) is 2. The van der Waals surface area contributed by atoms with Crippen LogP contribution in [0.25, 0.3) is 0 Å². The van der Waals surface area contributed by atoms with Crippen LogP contribution in [0.3, 0.4) is 0 Å². The highest BCUT2D eigenvalue weighted by molar-refractivity contribution is 7.98. The van der Waals surface area contributed by atoms with Crippen LogP contribution in [-0.2, 0) is 25.7 Å². The van der Waals surface area contributed by atoms with Gasteiger partial charge in [0.1, 0.15) is 11.6 Å². The third-order valence-electron chi connectivity index (χ3n) is 8.51. The molecule has 1 aliphatic carbocycles. The zero-order valence-corrected chi connectivity index (χ0v) is 23.3. The van der Waals surface area contributed by atoms with Crippen LogP contribution < -0.4 is 10.6 Å². The van der Waals surface area contributed by atoms with Crippen LogP contribution in [0.4, 0.5) is 5.69 Å². The van der Waals surface area contributed by atoms with Gasteiger partial charge in [0.2, 0.25) is 17.7 Å². The number of anilines is 1. The van der Waals surface area contributed by atoms with Gasteiger partial charge in [-0.25, -0.2) is 0 Å². The first-order chi connectivity index (χ1) is 18.9. The first kappa shape index (κ1) is 26.4. The topological polar surface area (TPSA) is 87.7 Å². The van der Waals surface area contributed by atoms with Crippen LogP contribution in [0.5, 0.6) is 0 Å². The summed E-state index contributed by atoms with van der Waals surface area (Å²) in [4.78, 5) is 44.4. The molecule has 5 atom stereocenters. The molecule has 2 aromatic carbocycles. The number of rotatable bonds is 7. The summed E-state index contributed by atoms with van der Waals surface area (Å²) in [6, 6.07) is 14.1. The van der Waals surface area contributed by atoms with Gasteiger partial charge in [0.05, 0.1) is 17.9 Å². The Kier molecular flexibility index (Phi) is 7.20. The summed E-state index contributed by atoms with van der Waals surface area (Å²) < 4.78 is 6.46. The van der Waals surface area contributed by atoms with Gasteiger partial charge in [-0.2, -0.15) is 0 Å². The summed E-state index contributed by atoms with van der Waals surface area (Å²) in [7, 11) is 0. The zero-order valence-electron chi connectivity index (χ0n) is 21.8. The van der Waals surface area contributed by atoms with Crippen molar-refractivity contribution in [2.24, 2.45) is 11.8 Å². The molecule has 39 heavy (non-hydrogen) atoms. The van der Waals surface area contributed by atoms with Crippen molar-refractivity contribution < 1.29 is 19.1 Å². The van der Waals surface area contributed by atoms with Crippen LogP contribution >= 0.6 is 23.4 Å². The van der Waals surface area contributed by atoms with E-state index in [0.29, 0.717) is 10.7 Å². The van der Waals surface area contributed by atoms with Crippen LogP contribution in [0.1, 0.15) is 37.7 Å². The van der Waals surface area contributed by atoms with E-state index in [9.17, 15) is 14.4 Å². The van der Waals surface area contributed by atoms with Gasteiger partial charge in [0.25, 0.3) is 0 Å². The average molecular weight is 566 g/mol. The lowest BCUT2D eigenvalue weighted by Gasteiger charge is -2.34. The fourth-order valence-corrected chi connectivity index (χ4v) is 7.36. The molecule has 0 radical (unpaired) electrons. The first-order valence-electron chi connectivity index (χ1n) is 13.6. The number of hydrogen-bond acceptors (Lipinski definition) is 5. The number of carbonyl (C=O) groups excluding carboxylic acids is 3. The highest BCUT2D eigenvalue weighted by Gasteiger charge is 2.72. The number of nitrogens with one attached hydrogen (secondary N) is 2. The smallest absolute Gasteiger partial charge is 0.246 e. The average Bonchev–Trinajstić information content (AvgIpc) is 3.58. The minimum atomic E-state index is -1.20. The third-order valence-corrected chi connectivity index (χ3v) is 9.61. The van der Waals surface area contributed by atoms with E-state index in [2.05, 4.69) is 10.6 Å². The molecule has 7 nitrogen and oxygen atoms in total. The first-order valence-corrected chi connectivity index (χ1v) is 15.2. The summed E-state index contributed by atoms with van der Waals surface area (Å²) in [5.74, 6) is -2.33. The zero-order chi connectivity index (χ0) is 27.1. The molecule has 4 aliphatic rings. The molecule has 9 heteroatoms. The molecule has 2 bridgehead atoms. The summed E-state index contributed by atoms with van der Waals surface area (Å²) in [6.45, 7) is 0.158. The van der Waals surface area contributed by atoms with Crippen molar-refractivity contribution in [3.8, 4) is 0 Å². The second-order valence-electron chi connectivity index (χ2n) is 10.8. The van der Waals surface area contributed by atoms with Crippen molar-refractivity contribution in [1.82, 2.24) is 10.2 Å². The maximum Gasteiger partial charge on any atom is 0.246 e. The molecule has 1 spiro atoms. The highest BCUT2D eigenvalue weighted by Crippen LogP contribution is 2.55. The van der Waals surface area contributed by atoms with E-state index in [-0.39, 0.29) is 30.3 Å². The molecule has 3 heterocycles. The number of likely N-dealkylation sites (tertiary alicyclic amines) is 1. The van der Waals surface area contributed by atoms with E-state index < -0.39 is 29.6 Å². The molecular weight excluding hydrogens is 534 g/mol. The molecule has 204 valence electrons. The van der Waals surface area contributed by atoms with Crippen LogP contribution in [-0.4, -0.2) is 52.7 Å². The normalized spacial score (nSPS) is 29.5. The van der Waals surface area contributed by atoms with Crippen LogP contribution in [0.2, 0.25) is 5.02 Å². The van der Waals surface area contributed by atoms with Gasteiger partial charge in [-0.05, 0) is 48.9 Å². The number of thioether (sulfide) groups is 1.